The number of rotatable bonds is 27. The van der Waals surface area contributed by atoms with Gasteiger partial charge in [-0.3, -0.25) is 0 Å². The van der Waals surface area contributed by atoms with Gasteiger partial charge in [0.2, 0.25) is 0 Å². The third-order valence-electron chi connectivity index (χ3n) is 7.48. The highest BCUT2D eigenvalue weighted by Crippen LogP contribution is 2.15. The molecule has 0 saturated carbocycles. The first kappa shape index (κ1) is 32.0. The Hall–Kier alpha value is -0.0400. The zero-order valence-electron chi connectivity index (χ0n) is 23.5. The Morgan fingerprint density at radius 1 is 0.281 bits per heavy atom. The van der Waals surface area contributed by atoms with Gasteiger partial charge in [-0.15, -0.1) is 0 Å². The van der Waals surface area contributed by atoms with Crippen LogP contribution < -0.4 is 0 Å². The Bertz CT molecular complexity index is 335. The zero-order chi connectivity index (χ0) is 23.6. The molecule has 0 rings (SSSR count). The average molecular weight is 453 g/mol. The summed E-state index contributed by atoms with van der Waals surface area (Å²) in [5, 5.41) is 0. The van der Waals surface area contributed by atoms with Gasteiger partial charge in [0.1, 0.15) is 0 Å². The predicted molar refractivity (Wildman–Crippen MR) is 149 cm³/mol. The summed E-state index contributed by atoms with van der Waals surface area (Å²) in [6.45, 7) is 7.38. The summed E-state index contributed by atoms with van der Waals surface area (Å²) < 4.78 is 1.25. The fourth-order valence-electron chi connectivity index (χ4n) is 5.05. The SMILES string of the molecule is CCCCCCCCCCCCCCCC[N+](C)(C)CCCCCCCCCCCCC. The lowest BCUT2D eigenvalue weighted by Crippen LogP contribution is -2.41. The largest absolute Gasteiger partial charge is 0.328 e. The first-order valence-electron chi connectivity index (χ1n) is 15.4. The monoisotopic (exact) mass is 453 g/mol. The van der Waals surface area contributed by atoms with Crippen molar-refractivity contribution in [3.63, 3.8) is 0 Å². The van der Waals surface area contributed by atoms with Crippen LogP contribution in [0.5, 0.6) is 0 Å². The fraction of sp³-hybridized carbons (Fsp3) is 1.00. The van der Waals surface area contributed by atoms with Crippen molar-refractivity contribution < 1.29 is 4.48 Å². The summed E-state index contributed by atoms with van der Waals surface area (Å²) in [5.74, 6) is 0. The minimum atomic E-state index is 1.25. The van der Waals surface area contributed by atoms with E-state index in [2.05, 4.69) is 27.9 Å². The standard InChI is InChI=1S/C31H66N/c1-5-7-9-11-13-15-17-18-19-21-23-25-27-29-31-32(3,4)30-28-26-24-22-20-16-14-12-10-8-6-2/h5-31H2,1-4H3/q+1. The Kier molecular flexibility index (Phi) is 25.5. The van der Waals surface area contributed by atoms with E-state index >= 15 is 0 Å². The van der Waals surface area contributed by atoms with Crippen molar-refractivity contribution in [1.82, 2.24) is 0 Å². The zero-order valence-corrected chi connectivity index (χ0v) is 23.5. The molecule has 194 valence electrons. The third kappa shape index (κ3) is 26.2. The molecule has 0 radical (unpaired) electrons. The van der Waals surface area contributed by atoms with Gasteiger partial charge in [-0.05, 0) is 25.7 Å². The quantitative estimate of drug-likeness (QED) is 0.0858. The summed E-state index contributed by atoms with van der Waals surface area (Å²) >= 11 is 0. The third-order valence-corrected chi connectivity index (χ3v) is 7.48. The smallest absolute Gasteiger partial charge is 0.0782 e. The second kappa shape index (κ2) is 25.6. The number of unbranched alkanes of at least 4 members (excludes halogenated alkanes) is 23. The van der Waals surface area contributed by atoms with Crippen LogP contribution in [0.3, 0.4) is 0 Å². The molecule has 0 atom stereocenters. The van der Waals surface area contributed by atoms with Crippen LogP contribution in [0, 0.1) is 0 Å². The van der Waals surface area contributed by atoms with Crippen molar-refractivity contribution in [2.24, 2.45) is 0 Å². The molecule has 0 amide bonds. The minimum Gasteiger partial charge on any atom is -0.328 e. The van der Waals surface area contributed by atoms with Crippen molar-refractivity contribution in [2.75, 3.05) is 27.2 Å². The molecule has 32 heavy (non-hydrogen) atoms. The molecule has 0 bridgehead atoms. The highest BCUT2D eigenvalue weighted by atomic mass is 15.3. The van der Waals surface area contributed by atoms with Crippen molar-refractivity contribution in [3.8, 4) is 0 Å². The molecule has 0 saturated heterocycles. The molecule has 0 aliphatic carbocycles. The lowest BCUT2D eigenvalue weighted by atomic mass is 10.0. The maximum Gasteiger partial charge on any atom is 0.0782 e. The maximum atomic E-state index is 2.46. The minimum absolute atomic E-state index is 1.25. The van der Waals surface area contributed by atoms with Gasteiger partial charge < -0.3 is 4.48 Å². The molecule has 0 heterocycles. The van der Waals surface area contributed by atoms with Crippen molar-refractivity contribution in [1.29, 1.82) is 0 Å². The van der Waals surface area contributed by atoms with Crippen molar-refractivity contribution in [3.05, 3.63) is 0 Å². The molecule has 0 aliphatic heterocycles. The normalized spacial score (nSPS) is 12.0. The van der Waals surface area contributed by atoms with Gasteiger partial charge in [0.05, 0.1) is 27.2 Å². The van der Waals surface area contributed by atoms with Gasteiger partial charge >= 0.3 is 0 Å². The second-order valence-corrected chi connectivity index (χ2v) is 11.5. The summed E-state index contributed by atoms with van der Waals surface area (Å²) in [5.41, 5.74) is 0. The summed E-state index contributed by atoms with van der Waals surface area (Å²) in [4.78, 5) is 0. The van der Waals surface area contributed by atoms with Crippen LogP contribution in [0.15, 0.2) is 0 Å². The predicted octanol–water partition coefficient (Wildman–Crippen LogP) is 10.9. The number of hydrogen-bond donors (Lipinski definition) is 0. The van der Waals surface area contributed by atoms with E-state index in [1.54, 1.807) is 0 Å². The fourth-order valence-corrected chi connectivity index (χ4v) is 5.05. The molecule has 0 aromatic heterocycles. The molecule has 0 aromatic carbocycles. The van der Waals surface area contributed by atoms with Gasteiger partial charge in [0.25, 0.3) is 0 Å². The molecular weight excluding hydrogens is 386 g/mol. The van der Waals surface area contributed by atoms with E-state index in [0.29, 0.717) is 0 Å². The molecule has 0 spiro atoms. The van der Waals surface area contributed by atoms with E-state index in [0.717, 1.165) is 0 Å². The van der Waals surface area contributed by atoms with E-state index in [1.165, 1.54) is 178 Å². The number of nitrogens with zero attached hydrogens (tertiary/aromatic N) is 1. The second-order valence-electron chi connectivity index (χ2n) is 11.5. The molecular formula is C31H66N+. The van der Waals surface area contributed by atoms with Gasteiger partial charge in [0, 0.05) is 0 Å². The van der Waals surface area contributed by atoms with Gasteiger partial charge in [-0.2, -0.15) is 0 Å². The van der Waals surface area contributed by atoms with Crippen LogP contribution in [0.4, 0.5) is 0 Å². The Labute approximate surface area is 206 Å². The van der Waals surface area contributed by atoms with Crippen LogP contribution in [-0.4, -0.2) is 31.7 Å². The van der Waals surface area contributed by atoms with Gasteiger partial charge in [-0.25, -0.2) is 0 Å². The Morgan fingerprint density at radius 2 is 0.469 bits per heavy atom. The highest BCUT2D eigenvalue weighted by molar-refractivity contribution is 4.51. The molecule has 0 aromatic rings. The molecule has 0 aliphatic rings. The van der Waals surface area contributed by atoms with Crippen LogP contribution in [-0.2, 0) is 0 Å². The average Bonchev–Trinajstić information content (AvgIpc) is 2.77. The summed E-state index contributed by atoms with van der Waals surface area (Å²) in [6.07, 6.45) is 36.5. The lowest BCUT2D eigenvalue weighted by Gasteiger charge is -2.30. The van der Waals surface area contributed by atoms with E-state index in [1.807, 2.05) is 0 Å². The summed E-state index contributed by atoms with van der Waals surface area (Å²) in [6, 6.07) is 0. The van der Waals surface area contributed by atoms with Crippen LogP contribution in [0.25, 0.3) is 0 Å². The molecule has 1 nitrogen and oxygen atoms in total. The molecule has 1 heteroatoms. The van der Waals surface area contributed by atoms with Crippen LogP contribution in [0.2, 0.25) is 0 Å². The van der Waals surface area contributed by atoms with Gasteiger partial charge in [0.15, 0.2) is 0 Å². The van der Waals surface area contributed by atoms with Crippen LogP contribution in [0.1, 0.15) is 174 Å². The maximum absolute atomic E-state index is 2.46. The Balaban J connectivity index is 3.28. The van der Waals surface area contributed by atoms with E-state index in [4.69, 9.17) is 0 Å². The molecule has 0 N–H and O–H groups in total. The number of quaternary nitrogens is 1. The first-order valence-corrected chi connectivity index (χ1v) is 15.4. The lowest BCUT2D eigenvalue weighted by molar-refractivity contribution is -0.890. The topological polar surface area (TPSA) is 0 Å². The van der Waals surface area contributed by atoms with Crippen molar-refractivity contribution in [2.45, 2.75) is 174 Å². The summed E-state index contributed by atoms with van der Waals surface area (Å²) in [7, 11) is 4.91. The van der Waals surface area contributed by atoms with E-state index < -0.39 is 0 Å². The van der Waals surface area contributed by atoms with E-state index in [-0.39, 0.29) is 0 Å². The molecule has 0 fully saturated rings. The van der Waals surface area contributed by atoms with Crippen molar-refractivity contribution >= 4 is 0 Å². The Morgan fingerprint density at radius 3 is 0.688 bits per heavy atom. The van der Waals surface area contributed by atoms with Gasteiger partial charge in [-0.1, -0.05) is 149 Å². The number of hydrogen-bond acceptors (Lipinski definition) is 0. The first-order chi connectivity index (χ1) is 15.6. The highest BCUT2D eigenvalue weighted by Gasteiger charge is 2.13. The van der Waals surface area contributed by atoms with Crippen LogP contribution >= 0.6 is 0 Å². The van der Waals surface area contributed by atoms with E-state index in [9.17, 15) is 0 Å². The molecule has 0 unspecified atom stereocenters.